The van der Waals surface area contributed by atoms with Gasteiger partial charge in [-0.05, 0) is 12.3 Å². The highest BCUT2D eigenvalue weighted by Gasteiger charge is 2.30. The van der Waals surface area contributed by atoms with Crippen LogP contribution < -0.4 is 0 Å². The first-order valence-electron chi connectivity index (χ1n) is 10.4. The Morgan fingerprint density at radius 1 is 1.13 bits per heavy atom. The molecule has 1 amide bonds. The number of hydrogen-bond acceptors (Lipinski definition) is 6. The number of rotatable bonds is 6. The zero-order chi connectivity index (χ0) is 21.8. The molecule has 1 unspecified atom stereocenters. The number of hydrogen-bond donors (Lipinski definition) is 1. The van der Waals surface area contributed by atoms with Gasteiger partial charge in [0.05, 0.1) is 14.2 Å². The van der Waals surface area contributed by atoms with Crippen molar-refractivity contribution in [2.45, 2.75) is 17.6 Å². The average molecular weight is 441 g/mol. The standard InChI is InChI=1S/C23H28N4O3S/c1-29-18-13-17(14-19(15-18)30-2)26-9-11-27(12-10-26)22(28)21-20(24-23(25-21)31-3)16-7-5-4-6-8-16/h4-8,13,15,17H,9-12,14H2,1-3H3,(H,24,25). The number of aromatic amines is 1. The molecular weight excluding hydrogens is 412 g/mol. The summed E-state index contributed by atoms with van der Waals surface area (Å²) >= 11 is 1.51. The van der Waals surface area contributed by atoms with Crippen molar-refractivity contribution in [1.82, 2.24) is 19.8 Å². The van der Waals surface area contributed by atoms with Crippen LogP contribution in [0.1, 0.15) is 16.9 Å². The zero-order valence-corrected chi connectivity index (χ0v) is 18.9. The van der Waals surface area contributed by atoms with Crippen LogP contribution in [0.4, 0.5) is 0 Å². The van der Waals surface area contributed by atoms with Gasteiger partial charge in [-0.3, -0.25) is 9.69 Å². The van der Waals surface area contributed by atoms with Crippen LogP contribution in [0, 0.1) is 0 Å². The highest BCUT2D eigenvalue weighted by Crippen LogP contribution is 2.27. The van der Waals surface area contributed by atoms with Crippen LogP contribution in [-0.4, -0.2) is 78.4 Å². The minimum absolute atomic E-state index is 0.000506. The van der Waals surface area contributed by atoms with Crippen LogP contribution >= 0.6 is 11.8 Å². The third-order valence-corrected chi connectivity index (χ3v) is 6.36. The quantitative estimate of drug-likeness (QED) is 0.695. The van der Waals surface area contributed by atoms with Gasteiger partial charge in [0.2, 0.25) is 0 Å². The molecule has 1 saturated heterocycles. The van der Waals surface area contributed by atoms with Gasteiger partial charge in [-0.25, -0.2) is 4.98 Å². The third-order valence-electron chi connectivity index (χ3n) is 5.78. The lowest BCUT2D eigenvalue weighted by molar-refractivity contribution is 0.0581. The maximum Gasteiger partial charge on any atom is 0.272 e. The zero-order valence-electron chi connectivity index (χ0n) is 18.1. The largest absolute Gasteiger partial charge is 0.501 e. The molecule has 2 aliphatic rings. The summed E-state index contributed by atoms with van der Waals surface area (Å²) in [4.78, 5) is 25.5. The molecule has 1 atom stereocenters. The van der Waals surface area contributed by atoms with Crippen molar-refractivity contribution in [2.24, 2.45) is 0 Å². The Balaban J connectivity index is 1.46. The lowest BCUT2D eigenvalue weighted by Gasteiger charge is -2.39. The first kappa shape index (κ1) is 21.5. The van der Waals surface area contributed by atoms with Crippen molar-refractivity contribution in [1.29, 1.82) is 0 Å². The van der Waals surface area contributed by atoms with Gasteiger partial charge in [-0.2, -0.15) is 0 Å². The van der Waals surface area contributed by atoms with Gasteiger partial charge in [0.15, 0.2) is 5.16 Å². The second-order valence-electron chi connectivity index (χ2n) is 7.52. The number of aromatic nitrogens is 2. The van der Waals surface area contributed by atoms with E-state index in [0.29, 0.717) is 24.5 Å². The summed E-state index contributed by atoms with van der Waals surface area (Å²) in [5, 5.41) is 0.749. The summed E-state index contributed by atoms with van der Waals surface area (Å²) in [5.41, 5.74) is 2.22. The second-order valence-corrected chi connectivity index (χ2v) is 8.32. The minimum Gasteiger partial charge on any atom is -0.501 e. The number of nitrogens with zero attached hydrogens (tertiary/aromatic N) is 3. The molecule has 1 aliphatic heterocycles. The molecule has 8 heteroatoms. The van der Waals surface area contributed by atoms with Crippen molar-refractivity contribution in [3.63, 3.8) is 0 Å². The van der Waals surface area contributed by atoms with Crippen LogP contribution in [0.3, 0.4) is 0 Å². The second kappa shape index (κ2) is 9.62. The topological polar surface area (TPSA) is 70.7 Å². The molecule has 4 rings (SSSR count). The number of thioether (sulfide) groups is 1. The summed E-state index contributed by atoms with van der Waals surface area (Å²) in [7, 11) is 3.36. The monoisotopic (exact) mass is 440 g/mol. The number of carbonyl (C=O) groups excluding carboxylic acids is 1. The van der Waals surface area contributed by atoms with Crippen molar-refractivity contribution in [3.05, 3.63) is 59.7 Å². The molecule has 0 bridgehead atoms. The highest BCUT2D eigenvalue weighted by molar-refractivity contribution is 7.98. The summed E-state index contributed by atoms with van der Waals surface area (Å²) in [6.07, 6.45) is 6.83. The lowest BCUT2D eigenvalue weighted by Crippen LogP contribution is -2.52. The molecule has 31 heavy (non-hydrogen) atoms. The molecule has 0 spiro atoms. The molecule has 1 aromatic carbocycles. The Labute approximate surface area is 187 Å². The summed E-state index contributed by atoms with van der Waals surface area (Å²) < 4.78 is 10.9. The van der Waals surface area contributed by atoms with Crippen molar-refractivity contribution >= 4 is 17.7 Å². The van der Waals surface area contributed by atoms with Gasteiger partial charge in [0.1, 0.15) is 22.9 Å². The predicted octanol–water partition coefficient (Wildman–Crippen LogP) is 3.39. The van der Waals surface area contributed by atoms with E-state index in [9.17, 15) is 4.79 Å². The van der Waals surface area contributed by atoms with E-state index in [1.54, 1.807) is 14.2 Å². The van der Waals surface area contributed by atoms with Gasteiger partial charge in [0.25, 0.3) is 5.91 Å². The smallest absolute Gasteiger partial charge is 0.272 e. The molecule has 164 valence electrons. The van der Waals surface area contributed by atoms with E-state index in [0.717, 1.165) is 41.7 Å². The van der Waals surface area contributed by atoms with Gasteiger partial charge in [-0.1, -0.05) is 42.1 Å². The molecule has 2 heterocycles. The van der Waals surface area contributed by atoms with E-state index < -0.39 is 0 Å². The minimum atomic E-state index is 0.000506. The fourth-order valence-electron chi connectivity index (χ4n) is 4.05. The Morgan fingerprint density at radius 3 is 2.52 bits per heavy atom. The molecule has 1 aromatic heterocycles. The number of allylic oxidation sites excluding steroid dienone is 1. The molecule has 2 aromatic rings. The number of ether oxygens (including phenoxy) is 2. The van der Waals surface area contributed by atoms with Gasteiger partial charge in [-0.15, -0.1) is 0 Å². The number of H-pyrrole nitrogens is 1. The maximum atomic E-state index is 13.4. The van der Waals surface area contributed by atoms with E-state index in [1.165, 1.54) is 11.8 Å². The lowest BCUT2D eigenvalue weighted by atomic mass is 10.0. The first-order chi connectivity index (χ1) is 15.1. The Morgan fingerprint density at radius 2 is 1.87 bits per heavy atom. The van der Waals surface area contributed by atoms with Crippen LogP contribution in [0.5, 0.6) is 0 Å². The fourth-order valence-corrected chi connectivity index (χ4v) is 4.43. The number of nitrogens with one attached hydrogen (secondary N) is 1. The fraction of sp³-hybridized carbons (Fsp3) is 0.391. The molecule has 1 N–H and O–H groups in total. The summed E-state index contributed by atoms with van der Waals surface area (Å²) in [6, 6.07) is 10.1. The van der Waals surface area contributed by atoms with Gasteiger partial charge in [0, 0.05) is 50.3 Å². The average Bonchev–Trinajstić information content (AvgIpc) is 3.28. The Kier molecular flexibility index (Phi) is 6.67. The SMILES string of the molecule is COC1=CC(N2CCN(C(=O)c3[nH]c(SC)nc3-c3ccccc3)CC2)CC(OC)=C1. The number of carbonyl (C=O) groups is 1. The number of imidazole rings is 1. The molecule has 1 aliphatic carbocycles. The highest BCUT2D eigenvalue weighted by atomic mass is 32.2. The molecule has 1 fully saturated rings. The number of benzene rings is 1. The van der Waals surface area contributed by atoms with E-state index in [-0.39, 0.29) is 11.9 Å². The Bertz CT molecular complexity index is 978. The van der Waals surface area contributed by atoms with E-state index in [2.05, 4.69) is 20.9 Å². The number of amides is 1. The normalized spacial score (nSPS) is 19.6. The summed E-state index contributed by atoms with van der Waals surface area (Å²) in [6.45, 7) is 2.93. The molecule has 0 saturated carbocycles. The van der Waals surface area contributed by atoms with E-state index in [1.807, 2.05) is 47.6 Å². The Hall–Kier alpha value is -2.71. The van der Waals surface area contributed by atoms with Crippen LogP contribution in [0.25, 0.3) is 11.3 Å². The van der Waals surface area contributed by atoms with E-state index >= 15 is 0 Å². The predicted molar refractivity (Wildman–Crippen MR) is 122 cm³/mol. The maximum absolute atomic E-state index is 13.4. The summed E-state index contributed by atoms with van der Waals surface area (Å²) in [5.74, 6) is 1.74. The van der Waals surface area contributed by atoms with Crippen LogP contribution in [-0.2, 0) is 9.47 Å². The third kappa shape index (κ3) is 4.65. The molecular formula is C23H28N4O3S. The number of piperazine rings is 1. The van der Waals surface area contributed by atoms with Crippen molar-refractivity contribution in [3.8, 4) is 11.3 Å². The van der Waals surface area contributed by atoms with Gasteiger partial charge >= 0.3 is 0 Å². The van der Waals surface area contributed by atoms with Gasteiger partial charge < -0.3 is 19.4 Å². The van der Waals surface area contributed by atoms with Crippen molar-refractivity contribution in [2.75, 3.05) is 46.7 Å². The van der Waals surface area contributed by atoms with Crippen LogP contribution in [0.2, 0.25) is 0 Å². The molecule has 0 radical (unpaired) electrons. The van der Waals surface area contributed by atoms with Crippen molar-refractivity contribution < 1.29 is 14.3 Å². The van der Waals surface area contributed by atoms with E-state index in [4.69, 9.17) is 9.47 Å². The first-order valence-corrected chi connectivity index (χ1v) is 11.6. The molecule has 7 nitrogen and oxygen atoms in total. The number of methoxy groups -OCH3 is 2. The van der Waals surface area contributed by atoms with Crippen LogP contribution in [0.15, 0.2) is 59.2 Å².